The third-order valence-corrected chi connectivity index (χ3v) is 4.22. The summed E-state index contributed by atoms with van der Waals surface area (Å²) < 4.78 is 22.5. The summed E-state index contributed by atoms with van der Waals surface area (Å²) >= 11 is 0. The van der Waals surface area contributed by atoms with E-state index in [1.54, 1.807) is 36.4 Å². The number of rotatable bonds is 8. The van der Waals surface area contributed by atoms with Crippen LogP contribution < -0.4 is 24.3 Å². The molecule has 1 amide bonds. The van der Waals surface area contributed by atoms with Gasteiger partial charge in [-0.1, -0.05) is 19.1 Å². The zero-order valence-electron chi connectivity index (χ0n) is 17.1. The van der Waals surface area contributed by atoms with Gasteiger partial charge in [0, 0.05) is 17.3 Å². The molecule has 7 heteroatoms. The average molecular weight is 408 g/mol. The van der Waals surface area contributed by atoms with Crippen molar-refractivity contribution in [1.29, 1.82) is 5.26 Å². The molecular formula is C23H24N2O5. The maximum absolute atomic E-state index is 12.7. The molecule has 7 nitrogen and oxygen atoms in total. The van der Waals surface area contributed by atoms with Gasteiger partial charge in [0.15, 0.2) is 23.0 Å². The number of fused-ring (bicyclic) bond motifs is 1. The van der Waals surface area contributed by atoms with Crippen LogP contribution in [0.4, 0.5) is 5.69 Å². The molecule has 156 valence electrons. The number of hydrogen-bond donors (Lipinski definition) is 1. The van der Waals surface area contributed by atoms with Crippen molar-refractivity contribution in [2.24, 2.45) is 0 Å². The lowest BCUT2D eigenvalue weighted by atomic mass is 10.1. The Balaban J connectivity index is 1.85. The van der Waals surface area contributed by atoms with Crippen molar-refractivity contribution >= 4 is 17.7 Å². The van der Waals surface area contributed by atoms with E-state index in [4.69, 9.17) is 18.9 Å². The number of nitrogens with zero attached hydrogens (tertiary/aromatic N) is 1. The Morgan fingerprint density at radius 2 is 1.97 bits per heavy atom. The Morgan fingerprint density at radius 3 is 2.70 bits per heavy atom. The molecular weight excluding hydrogens is 384 g/mol. The molecule has 0 unspecified atom stereocenters. The van der Waals surface area contributed by atoms with Crippen molar-refractivity contribution < 1.29 is 23.7 Å². The molecule has 0 radical (unpaired) electrons. The zero-order chi connectivity index (χ0) is 21.3. The third-order valence-electron chi connectivity index (χ3n) is 4.22. The molecule has 0 atom stereocenters. The molecule has 3 rings (SSSR count). The molecule has 0 fully saturated rings. The summed E-state index contributed by atoms with van der Waals surface area (Å²) in [7, 11) is 0. The van der Waals surface area contributed by atoms with E-state index in [2.05, 4.69) is 5.32 Å². The first kappa shape index (κ1) is 21.1. The Bertz CT molecular complexity index is 978. The van der Waals surface area contributed by atoms with Gasteiger partial charge in [-0.25, -0.2) is 0 Å². The number of amides is 1. The topological polar surface area (TPSA) is 89.8 Å². The molecule has 0 aliphatic carbocycles. The number of nitriles is 1. The number of nitrogens with one attached hydrogen (secondary N) is 1. The van der Waals surface area contributed by atoms with Crippen molar-refractivity contribution in [3.05, 3.63) is 47.5 Å². The van der Waals surface area contributed by atoms with E-state index >= 15 is 0 Å². The smallest absolute Gasteiger partial charge is 0.266 e. The lowest BCUT2D eigenvalue weighted by Gasteiger charge is -2.19. The second-order valence-corrected chi connectivity index (χ2v) is 6.44. The third kappa shape index (κ3) is 5.03. The number of anilines is 1. The van der Waals surface area contributed by atoms with Gasteiger partial charge in [0.2, 0.25) is 0 Å². The largest absolute Gasteiger partial charge is 0.490 e. The first-order chi connectivity index (χ1) is 14.7. The normalized spacial score (nSPS) is 12.6. The minimum Gasteiger partial charge on any atom is -0.490 e. The first-order valence-corrected chi connectivity index (χ1v) is 9.87. The van der Waals surface area contributed by atoms with Crippen LogP contribution in [0.25, 0.3) is 6.08 Å². The van der Waals surface area contributed by atoms with Gasteiger partial charge >= 0.3 is 0 Å². The highest BCUT2D eigenvalue weighted by molar-refractivity contribution is 6.10. The molecule has 0 aromatic heterocycles. The molecule has 1 N–H and O–H groups in total. The number of carbonyl (C=O) groups excluding carboxylic acids is 1. The van der Waals surface area contributed by atoms with Gasteiger partial charge in [-0.2, -0.15) is 5.26 Å². The van der Waals surface area contributed by atoms with Gasteiger partial charge in [0.25, 0.3) is 5.91 Å². The molecule has 0 saturated carbocycles. The fourth-order valence-electron chi connectivity index (χ4n) is 2.90. The predicted octanol–water partition coefficient (Wildman–Crippen LogP) is 4.19. The van der Waals surface area contributed by atoms with Crippen LogP contribution in [-0.2, 0) is 4.79 Å². The highest BCUT2D eigenvalue weighted by atomic mass is 16.6. The maximum atomic E-state index is 12.7. The minimum atomic E-state index is -0.530. The SMILES string of the molecule is CCCOc1c(/C=C(\C#N)C(=O)Nc2ccc3c(c2)OCCO3)cccc1OCC. The van der Waals surface area contributed by atoms with Crippen LogP contribution in [0.15, 0.2) is 42.0 Å². The summed E-state index contributed by atoms with van der Waals surface area (Å²) in [5, 5.41) is 12.3. The molecule has 30 heavy (non-hydrogen) atoms. The molecule has 1 heterocycles. The Labute approximate surface area is 175 Å². The molecule has 1 aliphatic heterocycles. The summed E-state index contributed by atoms with van der Waals surface area (Å²) in [5.41, 5.74) is 1.05. The minimum absolute atomic E-state index is 0.0557. The summed E-state index contributed by atoms with van der Waals surface area (Å²) in [4.78, 5) is 12.7. The Kier molecular flexibility index (Phi) is 7.17. The van der Waals surface area contributed by atoms with Gasteiger partial charge < -0.3 is 24.3 Å². The summed E-state index contributed by atoms with van der Waals surface area (Å²) in [5.74, 6) is 1.74. The fraction of sp³-hybridized carbons (Fsp3) is 0.304. The summed E-state index contributed by atoms with van der Waals surface area (Å²) in [6, 6.07) is 12.4. The predicted molar refractivity (Wildman–Crippen MR) is 113 cm³/mol. The second-order valence-electron chi connectivity index (χ2n) is 6.44. The van der Waals surface area contributed by atoms with Crippen LogP contribution in [0.2, 0.25) is 0 Å². The van der Waals surface area contributed by atoms with Crippen LogP contribution in [0.1, 0.15) is 25.8 Å². The molecule has 0 bridgehead atoms. The van der Waals surface area contributed by atoms with Crippen molar-refractivity contribution in [3.63, 3.8) is 0 Å². The maximum Gasteiger partial charge on any atom is 0.266 e. The lowest BCUT2D eigenvalue weighted by molar-refractivity contribution is -0.112. The first-order valence-electron chi connectivity index (χ1n) is 9.87. The number of benzene rings is 2. The van der Waals surface area contributed by atoms with E-state index in [1.807, 2.05) is 19.9 Å². The molecule has 2 aromatic rings. The van der Waals surface area contributed by atoms with E-state index in [1.165, 1.54) is 6.08 Å². The van der Waals surface area contributed by atoms with Gasteiger partial charge in [-0.3, -0.25) is 4.79 Å². The van der Waals surface area contributed by atoms with Crippen LogP contribution >= 0.6 is 0 Å². The van der Waals surface area contributed by atoms with Gasteiger partial charge in [0.05, 0.1) is 13.2 Å². The van der Waals surface area contributed by atoms with Crippen molar-refractivity contribution in [1.82, 2.24) is 0 Å². The fourth-order valence-corrected chi connectivity index (χ4v) is 2.90. The van der Waals surface area contributed by atoms with E-state index in [0.717, 1.165) is 6.42 Å². The van der Waals surface area contributed by atoms with E-state index in [9.17, 15) is 10.1 Å². The van der Waals surface area contributed by atoms with E-state index < -0.39 is 5.91 Å². The van der Waals surface area contributed by atoms with Gasteiger partial charge in [-0.05, 0) is 37.6 Å². The number of carbonyl (C=O) groups is 1. The van der Waals surface area contributed by atoms with Gasteiger partial charge in [0.1, 0.15) is 24.9 Å². The van der Waals surface area contributed by atoms with Crippen LogP contribution in [0, 0.1) is 11.3 Å². The van der Waals surface area contributed by atoms with Crippen LogP contribution in [0.5, 0.6) is 23.0 Å². The monoisotopic (exact) mass is 408 g/mol. The lowest BCUT2D eigenvalue weighted by Crippen LogP contribution is -2.17. The van der Waals surface area contributed by atoms with Crippen molar-refractivity contribution in [2.45, 2.75) is 20.3 Å². The van der Waals surface area contributed by atoms with E-state index in [-0.39, 0.29) is 5.57 Å². The number of hydrogen-bond acceptors (Lipinski definition) is 6. The van der Waals surface area contributed by atoms with Crippen LogP contribution in [-0.4, -0.2) is 32.3 Å². The second kappa shape index (κ2) is 10.2. The quantitative estimate of drug-likeness (QED) is 0.520. The summed E-state index contributed by atoms with van der Waals surface area (Å²) in [6.07, 6.45) is 2.32. The summed E-state index contributed by atoms with van der Waals surface area (Å²) in [6.45, 7) is 5.79. The number of para-hydroxylation sites is 1. The van der Waals surface area contributed by atoms with Crippen molar-refractivity contribution in [3.8, 4) is 29.1 Å². The highest BCUT2D eigenvalue weighted by Gasteiger charge is 2.16. The molecule has 0 spiro atoms. The zero-order valence-corrected chi connectivity index (χ0v) is 17.1. The van der Waals surface area contributed by atoms with Crippen molar-refractivity contribution in [2.75, 3.05) is 31.7 Å². The van der Waals surface area contributed by atoms with E-state index in [0.29, 0.717) is 60.7 Å². The number of ether oxygens (including phenoxy) is 4. The standard InChI is InChI=1S/C23H24N2O5/c1-3-10-30-22-16(6-5-7-20(22)27-4-2)13-17(15-24)23(26)25-18-8-9-19-21(14-18)29-12-11-28-19/h5-9,13-14H,3-4,10-12H2,1-2H3,(H,25,26)/b17-13+. The van der Waals surface area contributed by atoms with Gasteiger partial charge in [-0.15, -0.1) is 0 Å². The molecule has 0 saturated heterocycles. The Morgan fingerprint density at radius 1 is 1.17 bits per heavy atom. The highest BCUT2D eigenvalue weighted by Crippen LogP contribution is 2.34. The average Bonchev–Trinajstić information content (AvgIpc) is 2.77. The van der Waals surface area contributed by atoms with Crippen LogP contribution in [0.3, 0.4) is 0 Å². The Hall–Kier alpha value is -3.66. The molecule has 2 aromatic carbocycles. The molecule has 1 aliphatic rings.